The highest BCUT2D eigenvalue weighted by atomic mass is 32.2. The number of carbonyl (C=O) groups is 1. The summed E-state index contributed by atoms with van der Waals surface area (Å²) >= 11 is 0. The number of carboxylic acid groups (broad SMARTS) is 1. The first-order valence-corrected chi connectivity index (χ1v) is 6.54. The molecule has 0 bridgehead atoms. The second-order valence-electron chi connectivity index (χ2n) is 3.88. The van der Waals surface area contributed by atoms with E-state index in [1.165, 1.54) is 20.9 Å². The van der Waals surface area contributed by atoms with E-state index in [2.05, 4.69) is 10.2 Å². The van der Waals surface area contributed by atoms with E-state index in [1.807, 2.05) is 0 Å². The van der Waals surface area contributed by atoms with E-state index in [0.717, 1.165) is 4.31 Å². The zero-order valence-electron chi connectivity index (χ0n) is 10.2. The lowest BCUT2D eigenvalue weighted by Gasteiger charge is -2.22. The largest absolute Gasteiger partial charge is 0.476 e. The molecule has 0 fully saturated rings. The molecule has 1 rings (SSSR count). The molecule has 18 heavy (non-hydrogen) atoms. The Morgan fingerprint density at radius 2 is 2.11 bits per heavy atom. The summed E-state index contributed by atoms with van der Waals surface area (Å²) in [7, 11) is -2.74. The molecule has 8 nitrogen and oxygen atoms in total. The second-order valence-corrected chi connectivity index (χ2v) is 5.82. The number of aryl methyl sites for hydroxylation is 1. The molecule has 0 saturated heterocycles. The van der Waals surface area contributed by atoms with Crippen molar-refractivity contribution in [1.29, 1.82) is 0 Å². The Hall–Kier alpha value is -1.45. The van der Waals surface area contributed by atoms with Crippen molar-refractivity contribution in [3.05, 3.63) is 11.4 Å². The Bertz CT molecular complexity index is 551. The van der Waals surface area contributed by atoms with Crippen LogP contribution in [-0.2, 0) is 10.0 Å². The molecule has 102 valence electrons. The summed E-state index contributed by atoms with van der Waals surface area (Å²) in [6.07, 6.45) is 0. The Morgan fingerprint density at radius 1 is 1.56 bits per heavy atom. The third-order valence-electron chi connectivity index (χ3n) is 2.62. The van der Waals surface area contributed by atoms with Gasteiger partial charge >= 0.3 is 5.97 Å². The van der Waals surface area contributed by atoms with Crippen LogP contribution < -0.4 is 0 Å². The first-order chi connectivity index (χ1) is 8.23. The normalized spacial score (nSPS) is 13.8. The SMILES string of the molecule is Cc1[nH]nc(C(=O)O)c1S(=O)(=O)N(C)C(C)CO. The molecule has 0 saturated carbocycles. The van der Waals surface area contributed by atoms with Crippen LogP contribution in [0.4, 0.5) is 0 Å². The summed E-state index contributed by atoms with van der Waals surface area (Å²) in [6, 6.07) is -0.661. The first kappa shape index (κ1) is 14.6. The summed E-state index contributed by atoms with van der Waals surface area (Å²) in [5, 5.41) is 23.7. The summed E-state index contributed by atoms with van der Waals surface area (Å²) in [5.41, 5.74) is -0.408. The number of rotatable bonds is 5. The smallest absolute Gasteiger partial charge is 0.357 e. The Balaban J connectivity index is 3.37. The molecule has 9 heteroatoms. The topological polar surface area (TPSA) is 124 Å². The molecule has 1 atom stereocenters. The van der Waals surface area contributed by atoms with Crippen molar-refractivity contribution >= 4 is 16.0 Å². The predicted octanol–water partition coefficient (Wildman–Crippen LogP) is -0.582. The van der Waals surface area contributed by atoms with Crippen LogP contribution in [0.15, 0.2) is 4.90 Å². The van der Waals surface area contributed by atoms with Crippen LogP contribution in [0, 0.1) is 6.92 Å². The Kier molecular flexibility index (Phi) is 4.09. The minimum atomic E-state index is -4.01. The minimum absolute atomic E-state index is 0.143. The number of aliphatic hydroxyl groups excluding tert-OH is 1. The average molecular weight is 277 g/mol. The lowest BCUT2D eigenvalue weighted by atomic mass is 10.4. The van der Waals surface area contributed by atoms with Gasteiger partial charge in [0.25, 0.3) is 0 Å². The van der Waals surface area contributed by atoms with Crippen LogP contribution in [0.3, 0.4) is 0 Å². The predicted molar refractivity (Wildman–Crippen MR) is 61.8 cm³/mol. The fourth-order valence-electron chi connectivity index (χ4n) is 1.38. The van der Waals surface area contributed by atoms with Crippen LogP contribution in [0.2, 0.25) is 0 Å². The van der Waals surface area contributed by atoms with Gasteiger partial charge in [0, 0.05) is 13.1 Å². The third-order valence-corrected chi connectivity index (χ3v) is 4.75. The van der Waals surface area contributed by atoms with Crippen molar-refractivity contribution in [2.24, 2.45) is 0 Å². The van der Waals surface area contributed by atoms with Gasteiger partial charge in [0.05, 0.1) is 12.3 Å². The summed E-state index contributed by atoms with van der Waals surface area (Å²) in [5.74, 6) is -1.43. The summed E-state index contributed by atoms with van der Waals surface area (Å²) in [4.78, 5) is 10.6. The lowest BCUT2D eigenvalue weighted by Crippen LogP contribution is -2.38. The molecular formula is C9H15N3O5S. The van der Waals surface area contributed by atoms with Gasteiger partial charge in [-0.2, -0.15) is 9.40 Å². The van der Waals surface area contributed by atoms with Crippen molar-refractivity contribution in [1.82, 2.24) is 14.5 Å². The molecule has 0 aliphatic heterocycles. The number of aromatic amines is 1. The van der Waals surface area contributed by atoms with Gasteiger partial charge < -0.3 is 10.2 Å². The molecule has 1 aromatic heterocycles. The van der Waals surface area contributed by atoms with Crippen molar-refractivity contribution in [2.75, 3.05) is 13.7 Å². The maximum Gasteiger partial charge on any atom is 0.357 e. The second kappa shape index (κ2) is 5.04. The van der Waals surface area contributed by atoms with Gasteiger partial charge in [-0.15, -0.1) is 0 Å². The first-order valence-electron chi connectivity index (χ1n) is 5.10. The highest BCUT2D eigenvalue weighted by Gasteiger charge is 2.33. The lowest BCUT2D eigenvalue weighted by molar-refractivity contribution is 0.0686. The highest BCUT2D eigenvalue weighted by molar-refractivity contribution is 7.89. The van der Waals surface area contributed by atoms with Gasteiger partial charge in [0.1, 0.15) is 4.90 Å². The number of likely N-dealkylation sites (N-methyl/N-ethyl adjacent to an activating group) is 1. The van der Waals surface area contributed by atoms with E-state index < -0.39 is 27.7 Å². The van der Waals surface area contributed by atoms with Crippen LogP contribution in [0.5, 0.6) is 0 Å². The fraction of sp³-hybridized carbons (Fsp3) is 0.556. The van der Waals surface area contributed by atoms with Crippen LogP contribution >= 0.6 is 0 Å². The standard InChI is InChI=1S/C9H15N3O5S/c1-5(4-13)12(3)18(16,17)8-6(2)10-11-7(8)9(14)15/h5,13H,4H2,1-3H3,(H,10,11)(H,14,15). The van der Waals surface area contributed by atoms with E-state index in [0.29, 0.717) is 0 Å². The molecule has 0 aliphatic carbocycles. The fourth-order valence-corrected chi connectivity index (χ4v) is 3.01. The zero-order chi connectivity index (χ0) is 14.1. The number of aromatic carboxylic acids is 1. The quantitative estimate of drug-likeness (QED) is 0.661. The van der Waals surface area contributed by atoms with Crippen molar-refractivity contribution in [2.45, 2.75) is 24.8 Å². The van der Waals surface area contributed by atoms with Gasteiger partial charge in [-0.05, 0) is 13.8 Å². The van der Waals surface area contributed by atoms with E-state index >= 15 is 0 Å². The minimum Gasteiger partial charge on any atom is -0.476 e. The van der Waals surface area contributed by atoms with Gasteiger partial charge in [-0.3, -0.25) is 5.10 Å². The van der Waals surface area contributed by atoms with Gasteiger partial charge in [0.2, 0.25) is 10.0 Å². The van der Waals surface area contributed by atoms with Crippen molar-refractivity contribution in [3.63, 3.8) is 0 Å². The van der Waals surface area contributed by atoms with Crippen molar-refractivity contribution < 1.29 is 23.4 Å². The number of sulfonamides is 1. The van der Waals surface area contributed by atoms with E-state index in [4.69, 9.17) is 10.2 Å². The number of aromatic nitrogens is 2. The number of hydrogen-bond donors (Lipinski definition) is 3. The van der Waals surface area contributed by atoms with E-state index in [1.54, 1.807) is 0 Å². The number of carboxylic acids is 1. The number of nitrogens with one attached hydrogen (secondary N) is 1. The van der Waals surface area contributed by atoms with Crippen LogP contribution in [-0.4, -0.2) is 58.8 Å². The molecule has 3 N–H and O–H groups in total. The molecule has 0 radical (unpaired) electrons. The zero-order valence-corrected chi connectivity index (χ0v) is 11.0. The monoisotopic (exact) mass is 277 g/mol. The molecule has 0 amide bonds. The molecule has 0 spiro atoms. The molecular weight excluding hydrogens is 262 g/mol. The van der Waals surface area contributed by atoms with E-state index in [-0.39, 0.29) is 17.2 Å². The van der Waals surface area contributed by atoms with Gasteiger partial charge in [-0.1, -0.05) is 0 Å². The number of hydrogen-bond acceptors (Lipinski definition) is 5. The van der Waals surface area contributed by atoms with Crippen molar-refractivity contribution in [3.8, 4) is 0 Å². The number of nitrogens with zero attached hydrogens (tertiary/aromatic N) is 2. The van der Waals surface area contributed by atoms with Gasteiger partial charge in [0.15, 0.2) is 5.69 Å². The summed E-state index contributed by atoms with van der Waals surface area (Å²) < 4.78 is 25.4. The van der Waals surface area contributed by atoms with Crippen LogP contribution in [0.25, 0.3) is 0 Å². The third kappa shape index (κ3) is 2.37. The number of H-pyrrole nitrogens is 1. The Labute approximate surface area is 104 Å². The molecule has 1 unspecified atom stereocenters. The van der Waals surface area contributed by atoms with E-state index in [9.17, 15) is 13.2 Å². The Morgan fingerprint density at radius 3 is 2.56 bits per heavy atom. The molecule has 0 aromatic carbocycles. The molecule has 1 heterocycles. The maximum atomic E-state index is 12.2. The van der Waals surface area contributed by atoms with Gasteiger partial charge in [-0.25, -0.2) is 13.2 Å². The highest BCUT2D eigenvalue weighted by Crippen LogP contribution is 2.22. The molecule has 1 aromatic rings. The van der Waals surface area contributed by atoms with Crippen LogP contribution in [0.1, 0.15) is 23.1 Å². The molecule has 0 aliphatic rings. The number of aliphatic hydroxyl groups is 1. The maximum absolute atomic E-state index is 12.2. The summed E-state index contributed by atoms with van der Waals surface area (Å²) in [6.45, 7) is 2.56. The average Bonchev–Trinajstić information content (AvgIpc) is 2.69.